The summed E-state index contributed by atoms with van der Waals surface area (Å²) in [5, 5.41) is 2.84. The van der Waals surface area contributed by atoms with Gasteiger partial charge in [-0.25, -0.2) is 9.00 Å². The van der Waals surface area contributed by atoms with E-state index in [-0.39, 0.29) is 24.5 Å². The van der Waals surface area contributed by atoms with Gasteiger partial charge in [0.25, 0.3) is 0 Å². The lowest BCUT2D eigenvalue weighted by Crippen LogP contribution is -2.38. The van der Waals surface area contributed by atoms with E-state index in [1.807, 2.05) is 30.3 Å². The molecule has 1 aliphatic heterocycles. The second-order valence-electron chi connectivity index (χ2n) is 6.60. The molecule has 1 heterocycles. The van der Waals surface area contributed by atoms with Gasteiger partial charge in [0.15, 0.2) is 11.1 Å². The first-order valence-corrected chi connectivity index (χ1v) is 9.95. The molecule has 2 N–H and O–H groups in total. The first-order valence-electron chi connectivity index (χ1n) is 8.85. The van der Waals surface area contributed by atoms with Crippen LogP contribution in [0.5, 0.6) is 0 Å². The Bertz CT molecular complexity index is 857. The summed E-state index contributed by atoms with van der Waals surface area (Å²) in [6, 6.07) is 15.9. The van der Waals surface area contributed by atoms with Crippen LogP contribution < -0.4 is 5.32 Å². The molecule has 28 heavy (non-hydrogen) atoms. The summed E-state index contributed by atoms with van der Waals surface area (Å²) in [7, 11) is 1.36. The summed E-state index contributed by atoms with van der Waals surface area (Å²) < 4.78 is 25.0. The number of rotatable bonds is 5. The van der Waals surface area contributed by atoms with Gasteiger partial charge in [0.1, 0.15) is 0 Å². The van der Waals surface area contributed by atoms with E-state index in [0.717, 1.165) is 11.1 Å². The van der Waals surface area contributed by atoms with Crippen LogP contribution in [0.4, 0.5) is 4.79 Å². The lowest BCUT2D eigenvalue weighted by Gasteiger charge is -2.17. The molecule has 0 aliphatic carbocycles. The van der Waals surface area contributed by atoms with Crippen molar-refractivity contribution in [2.45, 2.75) is 17.4 Å². The third kappa shape index (κ3) is 4.58. The molecule has 2 aromatic rings. The number of carbonyl (C=O) groups is 2. The number of hydrogen-bond donors (Lipinski definition) is 2. The Balaban J connectivity index is 1.65. The van der Waals surface area contributed by atoms with Crippen molar-refractivity contribution in [3.05, 3.63) is 65.7 Å². The number of benzene rings is 2. The van der Waals surface area contributed by atoms with Crippen LogP contribution in [0.3, 0.4) is 0 Å². The molecule has 2 amide bonds. The van der Waals surface area contributed by atoms with Gasteiger partial charge in [-0.1, -0.05) is 42.5 Å². The summed E-state index contributed by atoms with van der Waals surface area (Å²) in [6.45, 7) is 1.01. The van der Waals surface area contributed by atoms with Gasteiger partial charge < -0.3 is 19.5 Å². The van der Waals surface area contributed by atoms with Gasteiger partial charge >= 0.3 is 12.0 Å². The fraction of sp³-hybridized carbons (Fsp3) is 0.300. The zero-order chi connectivity index (χ0) is 20.1. The molecule has 3 atom stereocenters. The second-order valence-corrected chi connectivity index (χ2v) is 7.57. The van der Waals surface area contributed by atoms with E-state index < -0.39 is 17.0 Å². The number of esters is 1. The molecular formula is C20H22N2O5S. The zero-order valence-electron chi connectivity index (χ0n) is 15.4. The SMILES string of the molecule is COC(=O)[C@H]1CN(C(=O)NCc2ccc(S(=O)O)cc2)C[C@@H]1c1ccccc1. The number of ether oxygens (including phenoxy) is 1. The van der Waals surface area contributed by atoms with E-state index in [9.17, 15) is 13.8 Å². The molecule has 2 aromatic carbocycles. The molecule has 0 saturated carbocycles. The van der Waals surface area contributed by atoms with E-state index in [1.54, 1.807) is 29.2 Å². The molecule has 0 radical (unpaired) electrons. The Kier molecular flexibility index (Phi) is 6.43. The fourth-order valence-electron chi connectivity index (χ4n) is 3.41. The third-order valence-electron chi connectivity index (χ3n) is 4.91. The van der Waals surface area contributed by atoms with Crippen LogP contribution in [0.2, 0.25) is 0 Å². The highest BCUT2D eigenvalue weighted by atomic mass is 32.2. The van der Waals surface area contributed by atoms with Crippen LogP contribution in [0.15, 0.2) is 59.5 Å². The number of nitrogens with one attached hydrogen (secondary N) is 1. The van der Waals surface area contributed by atoms with E-state index >= 15 is 0 Å². The van der Waals surface area contributed by atoms with Crippen molar-refractivity contribution in [1.29, 1.82) is 0 Å². The van der Waals surface area contributed by atoms with Crippen molar-refractivity contribution < 1.29 is 23.1 Å². The lowest BCUT2D eigenvalue weighted by molar-refractivity contribution is -0.145. The highest BCUT2D eigenvalue weighted by molar-refractivity contribution is 7.79. The summed E-state index contributed by atoms with van der Waals surface area (Å²) in [6.07, 6.45) is 0. The molecule has 0 aromatic heterocycles. The molecule has 1 fully saturated rings. The van der Waals surface area contributed by atoms with Gasteiger partial charge in [-0.2, -0.15) is 0 Å². The first kappa shape index (κ1) is 20.0. The predicted octanol–water partition coefficient (Wildman–Crippen LogP) is 2.37. The minimum Gasteiger partial charge on any atom is -0.469 e. The Morgan fingerprint density at radius 1 is 1.14 bits per heavy atom. The number of amides is 2. The Labute approximate surface area is 166 Å². The van der Waals surface area contributed by atoms with Crippen molar-refractivity contribution >= 4 is 23.1 Å². The van der Waals surface area contributed by atoms with Gasteiger partial charge in [-0.3, -0.25) is 4.79 Å². The Morgan fingerprint density at radius 2 is 1.82 bits per heavy atom. The molecular weight excluding hydrogens is 380 g/mol. The van der Waals surface area contributed by atoms with Crippen LogP contribution in [-0.2, 0) is 27.2 Å². The van der Waals surface area contributed by atoms with E-state index in [1.165, 1.54) is 7.11 Å². The highest BCUT2D eigenvalue weighted by Crippen LogP contribution is 2.33. The van der Waals surface area contributed by atoms with Crippen molar-refractivity contribution in [3.63, 3.8) is 0 Å². The van der Waals surface area contributed by atoms with Gasteiger partial charge in [0, 0.05) is 25.6 Å². The number of methoxy groups -OCH3 is 1. The fourth-order valence-corrected chi connectivity index (χ4v) is 3.78. The van der Waals surface area contributed by atoms with Crippen LogP contribution in [0.1, 0.15) is 17.0 Å². The van der Waals surface area contributed by atoms with Crippen LogP contribution in [0.25, 0.3) is 0 Å². The van der Waals surface area contributed by atoms with Crippen molar-refractivity contribution in [3.8, 4) is 0 Å². The van der Waals surface area contributed by atoms with Crippen molar-refractivity contribution in [2.75, 3.05) is 20.2 Å². The average Bonchev–Trinajstić information content (AvgIpc) is 3.18. The smallest absolute Gasteiger partial charge is 0.317 e. The van der Waals surface area contributed by atoms with Crippen molar-refractivity contribution in [1.82, 2.24) is 10.2 Å². The van der Waals surface area contributed by atoms with Gasteiger partial charge in [0.2, 0.25) is 0 Å². The number of carbonyl (C=O) groups excluding carboxylic acids is 2. The van der Waals surface area contributed by atoms with E-state index in [2.05, 4.69) is 5.32 Å². The van der Waals surface area contributed by atoms with Gasteiger partial charge in [-0.15, -0.1) is 0 Å². The number of urea groups is 1. The largest absolute Gasteiger partial charge is 0.469 e. The van der Waals surface area contributed by atoms with Crippen LogP contribution in [0, 0.1) is 5.92 Å². The molecule has 8 heteroatoms. The standard InChI is InChI=1S/C20H22N2O5S/c1-27-19(23)18-13-22(12-17(18)15-5-3-2-4-6-15)20(24)21-11-14-7-9-16(10-8-14)28(25)26/h2-10,17-18H,11-13H2,1H3,(H,21,24)(H,25,26)/t17-,18+/m1/s1. The molecule has 3 rings (SSSR count). The van der Waals surface area contributed by atoms with Crippen LogP contribution in [-0.4, -0.2) is 45.9 Å². The maximum atomic E-state index is 12.6. The maximum absolute atomic E-state index is 12.6. The second kappa shape index (κ2) is 8.99. The topological polar surface area (TPSA) is 95.9 Å². The summed E-state index contributed by atoms with van der Waals surface area (Å²) >= 11 is -2.02. The normalized spacial score (nSPS) is 19.9. The predicted molar refractivity (Wildman–Crippen MR) is 104 cm³/mol. The monoisotopic (exact) mass is 402 g/mol. The molecule has 0 spiro atoms. The minimum absolute atomic E-state index is 0.113. The third-order valence-corrected chi connectivity index (χ3v) is 5.58. The minimum atomic E-state index is -2.02. The lowest BCUT2D eigenvalue weighted by atomic mass is 9.89. The van der Waals surface area contributed by atoms with Gasteiger partial charge in [-0.05, 0) is 23.3 Å². The molecule has 1 aliphatic rings. The van der Waals surface area contributed by atoms with Crippen LogP contribution >= 0.6 is 0 Å². The molecule has 7 nitrogen and oxygen atoms in total. The van der Waals surface area contributed by atoms with E-state index in [4.69, 9.17) is 9.29 Å². The Morgan fingerprint density at radius 3 is 2.43 bits per heavy atom. The first-order chi connectivity index (χ1) is 13.5. The quantitative estimate of drug-likeness (QED) is 0.591. The summed E-state index contributed by atoms with van der Waals surface area (Å²) in [5.74, 6) is -0.841. The molecule has 1 unspecified atom stereocenters. The van der Waals surface area contributed by atoms with E-state index in [0.29, 0.717) is 18.0 Å². The number of likely N-dealkylation sites (tertiary alicyclic amines) is 1. The maximum Gasteiger partial charge on any atom is 0.317 e. The summed E-state index contributed by atoms with van der Waals surface area (Å²) in [5.41, 5.74) is 1.81. The Hall–Kier alpha value is -2.71. The zero-order valence-corrected chi connectivity index (χ0v) is 16.2. The number of nitrogens with zero attached hydrogens (tertiary/aromatic N) is 1. The summed E-state index contributed by atoms with van der Waals surface area (Å²) in [4.78, 5) is 26.7. The van der Waals surface area contributed by atoms with Crippen molar-refractivity contribution in [2.24, 2.45) is 5.92 Å². The van der Waals surface area contributed by atoms with Gasteiger partial charge in [0.05, 0.1) is 17.9 Å². The molecule has 1 saturated heterocycles. The highest BCUT2D eigenvalue weighted by Gasteiger charge is 2.41. The molecule has 148 valence electrons. The number of hydrogen-bond acceptors (Lipinski definition) is 4. The average molecular weight is 402 g/mol. The molecule has 0 bridgehead atoms.